The van der Waals surface area contributed by atoms with Crippen LogP contribution in [-0.4, -0.2) is 45.5 Å². The molecule has 0 spiro atoms. The van der Waals surface area contributed by atoms with Gasteiger partial charge in [0.05, 0.1) is 12.0 Å². The van der Waals surface area contributed by atoms with Crippen LogP contribution in [0.3, 0.4) is 0 Å². The number of piperidine rings is 1. The van der Waals surface area contributed by atoms with E-state index in [-0.39, 0.29) is 23.4 Å². The molecule has 1 aliphatic rings. The summed E-state index contributed by atoms with van der Waals surface area (Å²) in [5.41, 5.74) is 1.55. The van der Waals surface area contributed by atoms with Crippen molar-refractivity contribution >= 4 is 27.3 Å². The maximum absolute atomic E-state index is 12.8. The molecule has 180 valence electrons. The Bertz CT molecular complexity index is 1200. The van der Waals surface area contributed by atoms with Crippen molar-refractivity contribution in [3.63, 3.8) is 0 Å². The minimum Gasteiger partial charge on any atom is -0.497 e. The molecule has 1 fully saturated rings. The first-order valence-electron chi connectivity index (χ1n) is 11.2. The van der Waals surface area contributed by atoms with Gasteiger partial charge in [-0.15, -0.1) is 11.3 Å². The summed E-state index contributed by atoms with van der Waals surface area (Å²) in [6.07, 6.45) is 1.69. The summed E-state index contributed by atoms with van der Waals surface area (Å²) in [4.78, 5) is 16.2. The predicted molar refractivity (Wildman–Crippen MR) is 134 cm³/mol. The highest BCUT2D eigenvalue weighted by Gasteiger charge is 2.22. The highest BCUT2D eigenvalue weighted by atomic mass is 32.2. The lowest BCUT2D eigenvalue weighted by Gasteiger charge is -2.32. The second kappa shape index (κ2) is 11.1. The number of carbonyl (C=O) groups excluding carboxylic acids is 1. The third kappa shape index (κ3) is 6.44. The molecule has 2 aromatic carbocycles. The Kier molecular flexibility index (Phi) is 7.99. The molecule has 4 rings (SSSR count). The number of hydrogen-bond acceptors (Lipinski definition) is 6. The lowest BCUT2D eigenvalue weighted by atomic mass is 10.0. The topological polar surface area (TPSA) is 87.7 Å². The summed E-state index contributed by atoms with van der Waals surface area (Å²) in [5.74, 6) is 0.604. The number of nitrogens with zero attached hydrogens (tertiary/aromatic N) is 1. The number of rotatable bonds is 9. The standard InChI is InChI=1S/C25H29N3O4S2/c1-32-22-7-2-5-19(15-22)18-28-12-10-21(11-13-28)27-25(29)20-6-3-9-24(16-20)34(30,31)26-17-23-8-4-14-33-23/h2-9,14-16,21,26H,10-13,17-18H2,1H3,(H,27,29). The van der Waals surface area contributed by atoms with Crippen LogP contribution in [0.4, 0.5) is 0 Å². The zero-order valence-corrected chi connectivity index (χ0v) is 20.7. The van der Waals surface area contributed by atoms with E-state index in [1.807, 2.05) is 35.7 Å². The minimum absolute atomic E-state index is 0.0614. The highest BCUT2D eigenvalue weighted by Crippen LogP contribution is 2.19. The number of amides is 1. The second-order valence-corrected chi connectivity index (χ2v) is 11.1. The molecule has 0 saturated carbocycles. The highest BCUT2D eigenvalue weighted by molar-refractivity contribution is 7.89. The van der Waals surface area contributed by atoms with E-state index >= 15 is 0 Å². The summed E-state index contributed by atoms with van der Waals surface area (Å²) in [6.45, 7) is 2.83. The monoisotopic (exact) mass is 499 g/mol. The average molecular weight is 500 g/mol. The fourth-order valence-electron chi connectivity index (χ4n) is 4.00. The number of sulfonamides is 1. The van der Waals surface area contributed by atoms with E-state index in [2.05, 4.69) is 21.0 Å². The van der Waals surface area contributed by atoms with Gasteiger partial charge in [-0.05, 0) is 60.2 Å². The van der Waals surface area contributed by atoms with Crippen molar-refractivity contribution in [2.45, 2.75) is 36.9 Å². The Morgan fingerprint density at radius 2 is 1.88 bits per heavy atom. The summed E-state index contributed by atoms with van der Waals surface area (Å²) < 4.78 is 33.2. The number of thiophene rings is 1. The van der Waals surface area contributed by atoms with E-state index in [0.717, 1.165) is 43.1 Å². The molecule has 9 heteroatoms. The van der Waals surface area contributed by atoms with Crippen molar-refractivity contribution in [2.75, 3.05) is 20.2 Å². The molecule has 1 aliphatic heterocycles. The molecule has 7 nitrogen and oxygen atoms in total. The van der Waals surface area contributed by atoms with Gasteiger partial charge in [-0.25, -0.2) is 13.1 Å². The number of hydrogen-bond donors (Lipinski definition) is 2. The predicted octanol–water partition coefficient (Wildman–Crippen LogP) is 3.63. The van der Waals surface area contributed by atoms with Crippen molar-refractivity contribution in [3.05, 3.63) is 82.0 Å². The fraction of sp³-hybridized carbons (Fsp3) is 0.320. The molecule has 0 atom stereocenters. The largest absolute Gasteiger partial charge is 0.497 e. The van der Waals surface area contributed by atoms with Gasteiger partial charge in [-0.3, -0.25) is 9.69 Å². The molecule has 3 aromatic rings. The molecule has 0 unspecified atom stereocenters. The number of nitrogens with one attached hydrogen (secondary N) is 2. The van der Waals surface area contributed by atoms with Crippen LogP contribution in [0.2, 0.25) is 0 Å². The van der Waals surface area contributed by atoms with Crippen molar-refractivity contribution in [1.82, 2.24) is 14.9 Å². The van der Waals surface area contributed by atoms with Crippen LogP contribution in [0.25, 0.3) is 0 Å². The van der Waals surface area contributed by atoms with Crippen LogP contribution in [0, 0.1) is 0 Å². The van der Waals surface area contributed by atoms with Crippen molar-refractivity contribution in [1.29, 1.82) is 0 Å². The Labute approximate surface area is 204 Å². The molecule has 1 aromatic heterocycles. The van der Waals surface area contributed by atoms with Crippen LogP contribution in [0.5, 0.6) is 5.75 Å². The maximum atomic E-state index is 12.8. The summed E-state index contributed by atoms with van der Waals surface area (Å²) in [6, 6.07) is 18.1. The molecular formula is C25H29N3O4S2. The Balaban J connectivity index is 1.30. The van der Waals surface area contributed by atoms with Crippen LogP contribution >= 0.6 is 11.3 Å². The fourth-order valence-corrected chi connectivity index (χ4v) is 5.79. The summed E-state index contributed by atoms with van der Waals surface area (Å²) in [7, 11) is -2.04. The molecule has 1 saturated heterocycles. The molecule has 0 bridgehead atoms. The van der Waals surface area contributed by atoms with E-state index < -0.39 is 10.0 Å². The molecule has 2 heterocycles. The van der Waals surface area contributed by atoms with Crippen molar-refractivity contribution < 1.29 is 17.9 Å². The Hall–Kier alpha value is -2.72. The first kappa shape index (κ1) is 24.4. The third-order valence-corrected chi connectivity index (χ3v) is 8.16. The van der Waals surface area contributed by atoms with E-state index in [1.165, 1.54) is 29.0 Å². The van der Waals surface area contributed by atoms with Gasteiger partial charge >= 0.3 is 0 Å². The quantitative estimate of drug-likeness (QED) is 0.470. The molecule has 1 amide bonds. The molecule has 34 heavy (non-hydrogen) atoms. The van der Waals surface area contributed by atoms with Crippen LogP contribution in [0.1, 0.15) is 33.6 Å². The molecule has 0 aliphatic carbocycles. The normalized spacial score (nSPS) is 15.2. The number of methoxy groups -OCH3 is 1. The average Bonchev–Trinajstić information content (AvgIpc) is 3.38. The molecule has 0 radical (unpaired) electrons. The first-order chi connectivity index (χ1) is 16.4. The van der Waals surface area contributed by atoms with Crippen LogP contribution in [-0.2, 0) is 23.1 Å². The zero-order valence-electron chi connectivity index (χ0n) is 19.1. The van der Waals surface area contributed by atoms with Gasteiger partial charge < -0.3 is 10.1 Å². The van der Waals surface area contributed by atoms with Gasteiger partial charge in [0.1, 0.15) is 5.75 Å². The Morgan fingerprint density at radius 3 is 2.62 bits per heavy atom. The summed E-state index contributed by atoms with van der Waals surface area (Å²) >= 11 is 1.49. The number of ether oxygens (including phenoxy) is 1. The Morgan fingerprint density at radius 1 is 1.09 bits per heavy atom. The smallest absolute Gasteiger partial charge is 0.251 e. The van der Waals surface area contributed by atoms with Crippen molar-refractivity contribution in [3.8, 4) is 5.75 Å². The van der Waals surface area contributed by atoms with E-state index in [9.17, 15) is 13.2 Å². The second-order valence-electron chi connectivity index (χ2n) is 8.31. The molecular weight excluding hydrogens is 470 g/mol. The van der Waals surface area contributed by atoms with E-state index in [4.69, 9.17) is 4.74 Å². The van der Waals surface area contributed by atoms with Gasteiger partial charge in [0, 0.05) is 42.7 Å². The number of benzene rings is 2. The van der Waals surface area contributed by atoms with Crippen LogP contribution in [0.15, 0.2) is 70.9 Å². The van der Waals surface area contributed by atoms with E-state index in [0.29, 0.717) is 5.56 Å². The van der Waals surface area contributed by atoms with Gasteiger partial charge in [0.2, 0.25) is 10.0 Å². The van der Waals surface area contributed by atoms with Gasteiger partial charge in [-0.1, -0.05) is 24.3 Å². The maximum Gasteiger partial charge on any atom is 0.251 e. The SMILES string of the molecule is COc1cccc(CN2CCC(NC(=O)c3cccc(S(=O)(=O)NCc4cccs4)c3)CC2)c1. The zero-order chi connectivity index (χ0) is 24.0. The first-order valence-corrected chi connectivity index (χ1v) is 13.6. The lowest BCUT2D eigenvalue weighted by Crippen LogP contribution is -2.44. The summed E-state index contributed by atoms with van der Waals surface area (Å²) in [5, 5.41) is 4.97. The third-order valence-electron chi connectivity index (χ3n) is 5.89. The van der Waals surface area contributed by atoms with Crippen molar-refractivity contribution in [2.24, 2.45) is 0 Å². The minimum atomic E-state index is -3.71. The lowest BCUT2D eigenvalue weighted by molar-refractivity contribution is 0.0908. The molecule has 2 N–H and O–H groups in total. The number of carbonyl (C=O) groups is 1. The van der Waals surface area contributed by atoms with Gasteiger partial charge in [0.25, 0.3) is 5.91 Å². The van der Waals surface area contributed by atoms with E-state index in [1.54, 1.807) is 19.2 Å². The van der Waals surface area contributed by atoms with Gasteiger partial charge in [0.15, 0.2) is 0 Å². The number of likely N-dealkylation sites (tertiary alicyclic amines) is 1. The van der Waals surface area contributed by atoms with Crippen LogP contribution < -0.4 is 14.8 Å². The van der Waals surface area contributed by atoms with Gasteiger partial charge in [-0.2, -0.15) is 0 Å².